The molecule has 18 heavy (non-hydrogen) atoms. The number of benzene rings is 1. The summed E-state index contributed by atoms with van der Waals surface area (Å²) in [6.07, 6.45) is 0. The third-order valence-corrected chi connectivity index (χ3v) is 4.31. The highest BCUT2D eigenvalue weighted by Crippen LogP contribution is 2.23. The Balaban J connectivity index is 2.09. The van der Waals surface area contributed by atoms with Crippen LogP contribution in [0, 0.1) is 0 Å². The van der Waals surface area contributed by atoms with Crippen LogP contribution in [0.5, 0.6) is 0 Å². The first-order valence-electron chi connectivity index (χ1n) is 5.61. The number of Topliss-reactive ketones (excluding diaryl/α,β-unsaturated/α-hetero) is 1. The van der Waals surface area contributed by atoms with Crippen molar-refractivity contribution in [3.8, 4) is 0 Å². The zero-order chi connectivity index (χ0) is 13.1. The van der Waals surface area contributed by atoms with Crippen molar-refractivity contribution in [1.82, 2.24) is 0 Å². The summed E-state index contributed by atoms with van der Waals surface area (Å²) in [5.74, 6) is 0.103. The van der Waals surface area contributed by atoms with E-state index in [4.69, 9.17) is 0 Å². The zero-order valence-corrected chi connectivity index (χ0v) is 12.7. The number of carbonyl (C=O) groups excluding carboxylic acids is 1. The van der Waals surface area contributed by atoms with Gasteiger partial charge in [-0.25, -0.2) is 0 Å². The highest BCUT2D eigenvalue weighted by molar-refractivity contribution is 9.11. The Bertz CT molecular complexity index is 547. The van der Waals surface area contributed by atoms with E-state index in [1.807, 2.05) is 31.3 Å². The normalized spacial score (nSPS) is 10.4. The molecule has 2 nitrogen and oxygen atoms in total. The van der Waals surface area contributed by atoms with E-state index in [1.54, 1.807) is 18.3 Å². The van der Waals surface area contributed by atoms with E-state index >= 15 is 0 Å². The van der Waals surface area contributed by atoms with Gasteiger partial charge in [0.2, 0.25) is 0 Å². The van der Waals surface area contributed by atoms with Crippen molar-refractivity contribution < 1.29 is 4.79 Å². The predicted octanol–water partition coefficient (Wildman–Crippen LogP) is 4.35. The van der Waals surface area contributed by atoms with Crippen molar-refractivity contribution in [2.45, 2.75) is 13.5 Å². The molecule has 0 fully saturated rings. The molecule has 2 aromatic rings. The molecule has 1 aromatic heterocycles. The third-order valence-electron chi connectivity index (χ3n) is 2.76. The molecule has 0 bridgehead atoms. The van der Waals surface area contributed by atoms with E-state index in [0.717, 1.165) is 21.6 Å². The number of halogens is 1. The van der Waals surface area contributed by atoms with Gasteiger partial charge in [-0.2, -0.15) is 0 Å². The largest absolute Gasteiger partial charge is 0.370 e. The molecule has 0 N–H and O–H groups in total. The van der Waals surface area contributed by atoms with Crippen LogP contribution in [0.1, 0.15) is 22.8 Å². The van der Waals surface area contributed by atoms with E-state index in [0.29, 0.717) is 0 Å². The number of hydrogen-bond donors (Lipinski definition) is 0. The lowest BCUT2D eigenvalue weighted by molar-refractivity contribution is 0.101. The number of ketones is 1. The van der Waals surface area contributed by atoms with E-state index < -0.39 is 0 Å². The van der Waals surface area contributed by atoms with Gasteiger partial charge >= 0.3 is 0 Å². The Morgan fingerprint density at radius 1 is 1.33 bits per heavy atom. The summed E-state index contributed by atoms with van der Waals surface area (Å²) < 4.78 is 1.15. The van der Waals surface area contributed by atoms with Crippen molar-refractivity contribution in [3.05, 3.63) is 50.6 Å². The van der Waals surface area contributed by atoms with Crippen LogP contribution < -0.4 is 4.90 Å². The Kier molecular flexibility index (Phi) is 4.19. The van der Waals surface area contributed by atoms with Crippen LogP contribution >= 0.6 is 27.3 Å². The molecule has 0 atom stereocenters. The molecule has 0 spiro atoms. The van der Waals surface area contributed by atoms with E-state index in [1.165, 1.54) is 5.56 Å². The fraction of sp³-hybridized carbons (Fsp3) is 0.214. The molecule has 0 saturated heterocycles. The van der Waals surface area contributed by atoms with Crippen molar-refractivity contribution in [2.75, 3.05) is 11.9 Å². The maximum atomic E-state index is 11.2. The van der Waals surface area contributed by atoms with Crippen molar-refractivity contribution in [2.24, 2.45) is 0 Å². The van der Waals surface area contributed by atoms with Gasteiger partial charge in [0.25, 0.3) is 0 Å². The van der Waals surface area contributed by atoms with Gasteiger partial charge in [-0.15, -0.1) is 11.3 Å². The zero-order valence-electron chi connectivity index (χ0n) is 10.3. The molecule has 0 radical (unpaired) electrons. The highest BCUT2D eigenvalue weighted by atomic mass is 79.9. The lowest BCUT2D eigenvalue weighted by Gasteiger charge is -2.18. The number of hydrogen-bond acceptors (Lipinski definition) is 3. The minimum absolute atomic E-state index is 0.103. The monoisotopic (exact) mass is 323 g/mol. The molecule has 0 saturated carbocycles. The molecule has 0 aliphatic rings. The van der Waals surface area contributed by atoms with E-state index in [2.05, 4.69) is 32.3 Å². The Labute approximate surface area is 119 Å². The van der Waals surface area contributed by atoms with Crippen LogP contribution in [0.25, 0.3) is 0 Å². The molecular formula is C14H14BrNOS. The third kappa shape index (κ3) is 3.21. The van der Waals surface area contributed by atoms with Gasteiger partial charge in [0, 0.05) is 24.8 Å². The maximum Gasteiger partial charge on any atom is 0.159 e. The second-order valence-electron chi connectivity index (χ2n) is 4.22. The molecule has 1 heterocycles. The fourth-order valence-electron chi connectivity index (χ4n) is 1.74. The molecule has 1 aromatic carbocycles. The summed E-state index contributed by atoms with van der Waals surface area (Å²) >= 11 is 5.16. The van der Waals surface area contributed by atoms with Gasteiger partial charge in [0.15, 0.2) is 5.78 Å². The number of rotatable bonds is 4. The SMILES string of the molecule is CC(=O)c1ccc(N(C)Cc2csc(Br)c2)cc1. The molecule has 0 amide bonds. The molecular weight excluding hydrogens is 310 g/mol. The van der Waals surface area contributed by atoms with Crippen LogP contribution in [0.4, 0.5) is 5.69 Å². The number of thiophene rings is 1. The minimum atomic E-state index is 0.103. The first-order chi connectivity index (χ1) is 8.56. The number of carbonyl (C=O) groups is 1. The van der Waals surface area contributed by atoms with Crippen LogP contribution in [0.2, 0.25) is 0 Å². The molecule has 4 heteroatoms. The van der Waals surface area contributed by atoms with Gasteiger partial charge in [0.1, 0.15) is 0 Å². The topological polar surface area (TPSA) is 20.3 Å². The van der Waals surface area contributed by atoms with Crippen molar-refractivity contribution >= 4 is 38.7 Å². The Hall–Kier alpha value is -1.13. The summed E-state index contributed by atoms with van der Waals surface area (Å²) in [4.78, 5) is 13.4. The lowest BCUT2D eigenvalue weighted by Crippen LogP contribution is -2.15. The maximum absolute atomic E-state index is 11.2. The summed E-state index contributed by atoms with van der Waals surface area (Å²) in [6.45, 7) is 2.45. The summed E-state index contributed by atoms with van der Waals surface area (Å²) in [5.41, 5.74) is 3.15. The second kappa shape index (κ2) is 5.67. The average Bonchev–Trinajstić information content (AvgIpc) is 2.75. The predicted molar refractivity (Wildman–Crippen MR) is 80.6 cm³/mol. The molecule has 0 aliphatic carbocycles. The van der Waals surface area contributed by atoms with Gasteiger partial charge < -0.3 is 4.90 Å². The quantitative estimate of drug-likeness (QED) is 0.779. The first-order valence-corrected chi connectivity index (χ1v) is 7.28. The summed E-state index contributed by atoms with van der Waals surface area (Å²) in [7, 11) is 2.05. The molecule has 94 valence electrons. The van der Waals surface area contributed by atoms with Crippen molar-refractivity contribution in [3.63, 3.8) is 0 Å². The number of nitrogens with zero attached hydrogens (tertiary/aromatic N) is 1. The number of anilines is 1. The summed E-state index contributed by atoms with van der Waals surface area (Å²) in [5, 5.41) is 2.14. The van der Waals surface area contributed by atoms with Crippen LogP contribution in [0.3, 0.4) is 0 Å². The van der Waals surface area contributed by atoms with Crippen LogP contribution in [-0.4, -0.2) is 12.8 Å². The van der Waals surface area contributed by atoms with Gasteiger partial charge in [-0.05, 0) is 64.1 Å². The first kappa shape index (κ1) is 13.3. The van der Waals surface area contributed by atoms with Crippen molar-refractivity contribution in [1.29, 1.82) is 0 Å². The molecule has 0 unspecified atom stereocenters. The summed E-state index contributed by atoms with van der Waals surface area (Å²) in [6, 6.07) is 9.84. The van der Waals surface area contributed by atoms with Gasteiger partial charge in [0.05, 0.1) is 3.79 Å². The second-order valence-corrected chi connectivity index (χ2v) is 6.51. The minimum Gasteiger partial charge on any atom is -0.370 e. The smallest absolute Gasteiger partial charge is 0.159 e. The average molecular weight is 324 g/mol. The van der Waals surface area contributed by atoms with E-state index in [9.17, 15) is 4.79 Å². The Morgan fingerprint density at radius 3 is 2.50 bits per heavy atom. The highest BCUT2D eigenvalue weighted by Gasteiger charge is 2.05. The Morgan fingerprint density at radius 2 is 2.00 bits per heavy atom. The van der Waals surface area contributed by atoms with Gasteiger partial charge in [-0.3, -0.25) is 4.79 Å². The fourth-order valence-corrected chi connectivity index (χ4v) is 2.94. The lowest BCUT2D eigenvalue weighted by atomic mass is 10.1. The molecule has 0 aliphatic heterocycles. The van der Waals surface area contributed by atoms with Crippen LogP contribution in [0.15, 0.2) is 39.5 Å². The van der Waals surface area contributed by atoms with Crippen LogP contribution in [-0.2, 0) is 6.54 Å². The van der Waals surface area contributed by atoms with Gasteiger partial charge in [-0.1, -0.05) is 0 Å². The van der Waals surface area contributed by atoms with E-state index in [-0.39, 0.29) is 5.78 Å². The standard InChI is InChI=1S/C14H14BrNOS/c1-10(17)12-3-5-13(6-4-12)16(2)8-11-7-14(15)18-9-11/h3-7,9H,8H2,1-2H3. The molecule has 2 rings (SSSR count).